The summed E-state index contributed by atoms with van der Waals surface area (Å²) in [6.07, 6.45) is 3.34. The van der Waals surface area contributed by atoms with Gasteiger partial charge >= 0.3 is 0 Å². The van der Waals surface area contributed by atoms with Crippen LogP contribution in [0.25, 0.3) is 0 Å². The Morgan fingerprint density at radius 3 is 2.27 bits per heavy atom. The Hall–Kier alpha value is -0.300. The minimum atomic E-state index is 0.306. The van der Waals surface area contributed by atoms with Crippen LogP contribution in [0.2, 0.25) is 0 Å². The van der Waals surface area contributed by atoms with Crippen molar-refractivity contribution in [3.8, 4) is 0 Å². The second-order valence-electron chi connectivity index (χ2n) is 3.74. The van der Waals surface area contributed by atoms with Crippen molar-refractivity contribution < 1.29 is 5.11 Å². The largest absolute Gasteiger partial charge is 0.396 e. The molecule has 2 atom stereocenters. The van der Waals surface area contributed by atoms with Crippen molar-refractivity contribution in [2.45, 2.75) is 34.1 Å². The van der Waals surface area contributed by atoms with Crippen LogP contribution < -0.4 is 0 Å². The van der Waals surface area contributed by atoms with Gasteiger partial charge in [-0.05, 0) is 32.1 Å². The number of aliphatic hydroxyl groups excluding tert-OH is 1. The van der Waals surface area contributed by atoms with E-state index in [9.17, 15) is 0 Å². The van der Waals surface area contributed by atoms with Gasteiger partial charge in [-0.2, -0.15) is 0 Å². The molecule has 0 saturated heterocycles. The number of aliphatic hydroxyl groups is 1. The Morgan fingerprint density at radius 1 is 1.36 bits per heavy atom. The highest BCUT2D eigenvalue weighted by Gasteiger charge is 2.04. The van der Waals surface area contributed by atoms with Gasteiger partial charge in [0.1, 0.15) is 0 Å². The Labute approximate surface area is 70.1 Å². The summed E-state index contributed by atoms with van der Waals surface area (Å²) >= 11 is 0. The highest BCUT2D eigenvalue weighted by Crippen LogP contribution is 2.13. The first-order valence-electron chi connectivity index (χ1n) is 4.32. The summed E-state index contributed by atoms with van der Waals surface area (Å²) in [6.45, 7) is 8.80. The summed E-state index contributed by atoms with van der Waals surface area (Å²) in [5, 5.41) is 8.80. The molecular formula is C10H20O. The maximum absolute atomic E-state index is 8.80. The van der Waals surface area contributed by atoms with Crippen molar-refractivity contribution in [2.75, 3.05) is 6.61 Å². The van der Waals surface area contributed by atoms with Crippen LogP contribution in [0.3, 0.4) is 0 Å². The third kappa shape index (κ3) is 6.11. The normalized spacial score (nSPS) is 15.7. The van der Waals surface area contributed by atoms with Crippen LogP contribution in [0.1, 0.15) is 34.1 Å². The van der Waals surface area contributed by atoms with E-state index in [-0.39, 0.29) is 0 Å². The first-order chi connectivity index (χ1) is 5.06. The Morgan fingerprint density at radius 2 is 1.91 bits per heavy atom. The highest BCUT2D eigenvalue weighted by atomic mass is 16.3. The molecule has 0 fully saturated rings. The van der Waals surface area contributed by atoms with Crippen LogP contribution in [0, 0.1) is 11.8 Å². The van der Waals surface area contributed by atoms with E-state index in [0.717, 1.165) is 6.42 Å². The van der Waals surface area contributed by atoms with Gasteiger partial charge in [-0.15, -0.1) is 0 Å². The Balaban J connectivity index is 3.69. The minimum absolute atomic E-state index is 0.306. The van der Waals surface area contributed by atoms with Gasteiger partial charge in [0.15, 0.2) is 0 Å². The van der Waals surface area contributed by atoms with E-state index in [2.05, 4.69) is 33.8 Å². The lowest BCUT2D eigenvalue weighted by Gasteiger charge is -2.11. The molecule has 0 unspecified atom stereocenters. The van der Waals surface area contributed by atoms with Gasteiger partial charge in [-0.3, -0.25) is 0 Å². The monoisotopic (exact) mass is 156 g/mol. The van der Waals surface area contributed by atoms with Gasteiger partial charge < -0.3 is 5.11 Å². The minimum Gasteiger partial charge on any atom is -0.396 e. The number of allylic oxidation sites excluding steroid dienone is 2. The molecule has 0 rings (SSSR count). The van der Waals surface area contributed by atoms with Gasteiger partial charge in [0.05, 0.1) is 0 Å². The van der Waals surface area contributed by atoms with Crippen molar-refractivity contribution in [1.29, 1.82) is 0 Å². The van der Waals surface area contributed by atoms with E-state index in [0.29, 0.717) is 18.4 Å². The van der Waals surface area contributed by atoms with Gasteiger partial charge in [0.2, 0.25) is 0 Å². The summed E-state index contributed by atoms with van der Waals surface area (Å²) in [5.74, 6) is 1.03. The van der Waals surface area contributed by atoms with E-state index >= 15 is 0 Å². The van der Waals surface area contributed by atoms with Gasteiger partial charge in [0, 0.05) is 6.61 Å². The van der Waals surface area contributed by atoms with Crippen molar-refractivity contribution in [3.05, 3.63) is 11.6 Å². The summed E-state index contributed by atoms with van der Waals surface area (Å²) in [6, 6.07) is 0. The van der Waals surface area contributed by atoms with Crippen LogP contribution >= 0.6 is 0 Å². The van der Waals surface area contributed by atoms with E-state index in [1.165, 1.54) is 5.57 Å². The van der Waals surface area contributed by atoms with Gasteiger partial charge in [0.25, 0.3) is 0 Å². The van der Waals surface area contributed by atoms with E-state index in [4.69, 9.17) is 5.11 Å². The molecule has 1 N–H and O–H groups in total. The molecule has 0 aliphatic heterocycles. The number of hydrogen-bond acceptors (Lipinski definition) is 1. The van der Waals surface area contributed by atoms with Crippen LogP contribution in [0.4, 0.5) is 0 Å². The van der Waals surface area contributed by atoms with Crippen LogP contribution in [-0.4, -0.2) is 11.7 Å². The molecule has 0 aromatic rings. The van der Waals surface area contributed by atoms with Crippen molar-refractivity contribution >= 4 is 0 Å². The molecule has 0 heterocycles. The SMILES string of the molecule is CC(C)=C[C@H](C)C[C@H](C)CO. The van der Waals surface area contributed by atoms with E-state index in [1.807, 2.05) is 0 Å². The Kier molecular flexibility index (Phi) is 5.22. The van der Waals surface area contributed by atoms with Gasteiger partial charge in [-0.25, -0.2) is 0 Å². The standard InChI is InChI=1S/C10H20O/c1-8(2)5-9(3)6-10(4)7-11/h5,9-11H,6-7H2,1-4H3/t9-,10-/m0/s1. The van der Waals surface area contributed by atoms with Gasteiger partial charge in [-0.1, -0.05) is 25.5 Å². The zero-order valence-corrected chi connectivity index (χ0v) is 8.09. The summed E-state index contributed by atoms with van der Waals surface area (Å²) in [4.78, 5) is 0. The van der Waals surface area contributed by atoms with E-state index < -0.39 is 0 Å². The van der Waals surface area contributed by atoms with Crippen molar-refractivity contribution in [3.63, 3.8) is 0 Å². The molecule has 0 amide bonds. The first-order valence-corrected chi connectivity index (χ1v) is 4.32. The smallest absolute Gasteiger partial charge is 0.0456 e. The maximum Gasteiger partial charge on any atom is 0.0456 e. The molecule has 11 heavy (non-hydrogen) atoms. The lowest BCUT2D eigenvalue weighted by Crippen LogP contribution is -2.05. The summed E-state index contributed by atoms with van der Waals surface area (Å²) in [5.41, 5.74) is 1.36. The zero-order valence-electron chi connectivity index (χ0n) is 8.09. The molecule has 0 saturated carbocycles. The third-order valence-electron chi connectivity index (χ3n) is 1.70. The van der Waals surface area contributed by atoms with Crippen LogP contribution in [0.15, 0.2) is 11.6 Å². The lowest BCUT2D eigenvalue weighted by molar-refractivity contribution is 0.222. The van der Waals surface area contributed by atoms with Crippen molar-refractivity contribution in [2.24, 2.45) is 11.8 Å². The number of hydrogen-bond donors (Lipinski definition) is 1. The zero-order chi connectivity index (χ0) is 8.85. The second kappa shape index (κ2) is 5.36. The fraction of sp³-hybridized carbons (Fsp3) is 0.800. The molecule has 0 aliphatic rings. The molecule has 0 spiro atoms. The topological polar surface area (TPSA) is 20.2 Å². The predicted octanol–water partition coefficient (Wildman–Crippen LogP) is 2.61. The first kappa shape index (κ1) is 10.7. The number of rotatable bonds is 4. The fourth-order valence-electron chi connectivity index (χ4n) is 1.35. The summed E-state index contributed by atoms with van der Waals surface area (Å²) < 4.78 is 0. The Bertz CT molecular complexity index is 123. The molecule has 66 valence electrons. The molecule has 0 aliphatic carbocycles. The fourth-order valence-corrected chi connectivity index (χ4v) is 1.35. The second-order valence-corrected chi connectivity index (χ2v) is 3.74. The molecule has 0 radical (unpaired) electrons. The third-order valence-corrected chi connectivity index (χ3v) is 1.70. The van der Waals surface area contributed by atoms with Crippen LogP contribution in [-0.2, 0) is 0 Å². The van der Waals surface area contributed by atoms with Crippen molar-refractivity contribution in [1.82, 2.24) is 0 Å². The molecule has 1 nitrogen and oxygen atoms in total. The molecule has 0 aromatic heterocycles. The molecule has 1 heteroatoms. The van der Waals surface area contributed by atoms with Crippen LogP contribution in [0.5, 0.6) is 0 Å². The average Bonchev–Trinajstić information content (AvgIpc) is 1.85. The lowest BCUT2D eigenvalue weighted by atomic mass is 9.96. The average molecular weight is 156 g/mol. The highest BCUT2D eigenvalue weighted by molar-refractivity contribution is 4.96. The molecular weight excluding hydrogens is 136 g/mol. The maximum atomic E-state index is 8.80. The molecule has 0 bridgehead atoms. The quantitative estimate of drug-likeness (QED) is 0.620. The predicted molar refractivity (Wildman–Crippen MR) is 49.5 cm³/mol. The molecule has 0 aromatic carbocycles. The summed E-state index contributed by atoms with van der Waals surface area (Å²) in [7, 11) is 0. The van der Waals surface area contributed by atoms with E-state index in [1.54, 1.807) is 0 Å².